The van der Waals surface area contributed by atoms with Gasteiger partial charge in [-0.25, -0.2) is 4.98 Å². The summed E-state index contributed by atoms with van der Waals surface area (Å²) in [6.45, 7) is 14.6. The SMILES string of the molecule is CC.CC.CCCN(CCC)c1ccccn1. The third kappa shape index (κ3) is 8.73. The van der Waals surface area contributed by atoms with Gasteiger partial charge in [0.1, 0.15) is 5.82 Å². The Morgan fingerprint density at radius 2 is 1.47 bits per heavy atom. The van der Waals surface area contributed by atoms with Crippen LogP contribution in [0.3, 0.4) is 0 Å². The fourth-order valence-corrected chi connectivity index (χ4v) is 1.42. The third-order valence-electron chi connectivity index (χ3n) is 1.96. The van der Waals surface area contributed by atoms with Crippen molar-refractivity contribution in [2.75, 3.05) is 18.0 Å². The van der Waals surface area contributed by atoms with Crippen molar-refractivity contribution in [2.45, 2.75) is 54.4 Å². The van der Waals surface area contributed by atoms with Crippen LogP contribution in [0.1, 0.15) is 54.4 Å². The summed E-state index contributed by atoms with van der Waals surface area (Å²) in [5.74, 6) is 1.10. The Labute approximate surface area is 108 Å². The topological polar surface area (TPSA) is 16.1 Å². The monoisotopic (exact) mass is 238 g/mol. The van der Waals surface area contributed by atoms with Crippen LogP contribution in [0.4, 0.5) is 5.82 Å². The van der Waals surface area contributed by atoms with Crippen molar-refractivity contribution in [1.82, 2.24) is 4.98 Å². The Hall–Kier alpha value is -1.05. The molecule has 0 saturated carbocycles. The van der Waals surface area contributed by atoms with Crippen LogP contribution in [0.5, 0.6) is 0 Å². The Morgan fingerprint density at radius 1 is 0.941 bits per heavy atom. The Bertz CT molecular complexity index is 216. The smallest absolute Gasteiger partial charge is 0.128 e. The van der Waals surface area contributed by atoms with Crippen LogP contribution in [0.25, 0.3) is 0 Å². The maximum atomic E-state index is 4.34. The second kappa shape index (κ2) is 14.9. The zero-order valence-electron chi connectivity index (χ0n) is 12.5. The van der Waals surface area contributed by atoms with Crippen molar-refractivity contribution in [3.8, 4) is 0 Å². The molecule has 0 atom stereocenters. The first kappa shape index (κ1) is 18.3. The number of nitrogens with zero attached hydrogens (tertiary/aromatic N) is 2. The molecule has 0 spiro atoms. The van der Waals surface area contributed by atoms with E-state index in [1.807, 2.05) is 46.0 Å². The number of rotatable bonds is 5. The van der Waals surface area contributed by atoms with E-state index < -0.39 is 0 Å². The van der Waals surface area contributed by atoms with Gasteiger partial charge in [-0.1, -0.05) is 47.6 Å². The maximum absolute atomic E-state index is 4.34. The van der Waals surface area contributed by atoms with Crippen LogP contribution in [-0.4, -0.2) is 18.1 Å². The first-order valence-electron chi connectivity index (χ1n) is 7.04. The molecule has 0 aliphatic carbocycles. The molecule has 1 rings (SSSR count). The molecule has 0 N–H and O–H groups in total. The predicted octanol–water partition coefficient (Wildman–Crippen LogP) is 4.76. The first-order valence-corrected chi connectivity index (χ1v) is 7.04. The van der Waals surface area contributed by atoms with E-state index in [-0.39, 0.29) is 0 Å². The van der Waals surface area contributed by atoms with E-state index in [2.05, 4.69) is 29.8 Å². The zero-order valence-corrected chi connectivity index (χ0v) is 12.5. The summed E-state index contributed by atoms with van der Waals surface area (Å²) in [6.07, 6.45) is 4.21. The van der Waals surface area contributed by atoms with E-state index in [4.69, 9.17) is 0 Å². The first-order chi connectivity index (χ1) is 8.38. The number of hydrogen-bond donors (Lipinski definition) is 0. The highest BCUT2D eigenvalue weighted by Gasteiger charge is 2.03. The van der Waals surface area contributed by atoms with Gasteiger partial charge in [0.25, 0.3) is 0 Å². The molecule has 0 saturated heterocycles. The molecule has 0 fully saturated rings. The van der Waals surface area contributed by atoms with E-state index in [0.29, 0.717) is 0 Å². The van der Waals surface area contributed by atoms with E-state index >= 15 is 0 Å². The van der Waals surface area contributed by atoms with E-state index in [9.17, 15) is 0 Å². The average molecular weight is 238 g/mol. The van der Waals surface area contributed by atoms with Gasteiger partial charge in [-0.15, -0.1) is 0 Å². The summed E-state index contributed by atoms with van der Waals surface area (Å²) in [5.41, 5.74) is 0. The fraction of sp³-hybridized carbons (Fsp3) is 0.667. The van der Waals surface area contributed by atoms with Crippen molar-refractivity contribution in [2.24, 2.45) is 0 Å². The summed E-state index contributed by atoms with van der Waals surface area (Å²) in [4.78, 5) is 6.68. The quantitative estimate of drug-likeness (QED) is 0.735. The molecular formula is C15H30N2. The third-order valence-corrected chi connectivity index (χ3v) is 1.96. The number of aromatic nitrogens is 1. The lowest BCUT2D eigenvalue weighted by Crippen LogP contribution is -2.25. The molecule has 0 aromatic carbocycles. The van der Waals surface area contributed by atoms with Crippen LogP contribution in [0.15, 0.2) is 24.4 Å². The van der Waals surface area contributed by atoms with Gasteiger partial charge in [0.15, 0.2) is 0 Å². The second-order valence-corrected chi connectivity index (χ2v) is 3.17. The zero-order chi connectivity index (χ0) is 13.5. The van der Waals surface area contributed by atoms with Crippen molar-refractivity contribution >= 4 is 5.82 Å². The molecule has 17 heavy (non-hydrogen) atoms. The van der Waals surface area contributed by atoms with Gasteiger partial charge >= 0.3 is 0 Å². The van der Waals surface area contributed by atoms with Crippen molar-refractivity contribution < 1.29 is 0 Å². The molecule has 2 nitrogen and oxygen atoms in total. The minimum Gasteiger partial charge on any atom is -0.357 e. The van der Waals surface area contributed by atoms with Gasteiger partial charge in [0.2, 0.25) is 0 Å². The van der Waals surface area contributed by atoms with E-state index in [1.54, 1.807) is 0 Å². The fourth-order valence-electron chi connectivity index (χ4n) is 1.42. The number of hydrogen-bond acceptors (Lipinski definition) is 2. The number of anilines is 1. The Morgan fingerprint density at radius 3 is 1.82 bits per heavy atom. The molecule has 0 radical (unpaired) electrons. The summed E-state index contributed by atoms with van der Waals surface area (Å²) in [5, 5.41) is 0. The standard InChI is InChI=1S/C11H18N2.2C2H6/c1-3-9-13(10-4-2)11-7-5-6-8-12-11;2*1-2/h5-8H,3-4,9-10H2,1-2H3;2*1-2H3. The average Bonchev–Trinajstić information content (AvgIpc) is 2.44. The molecule has 100 valence electrons. The normalized spacial score (nSPS) is 8.35. The molecule has 2 heteroatoms. The lowest BCUT2D eigenvalue weighted by molar-refractivity contribution is 0.734. The highest BCUT2D eigenvalue weighted by Crippen LogP contribution is 2.09. The van der Waals surface area contributed by atoms with Crippen molar-refractivity contribution in [3.63, 3.8) is 0 Å². The summed E-state index contributed by atoms with van der Waals surface area (Å²) < 4.78 is 0. The molecular weight excluding hydrogens is 208 g/mol. The van der Waals surface area contributed by atoms with Gasteiger partial charge in [0, 0.05) is 19.3 Å². The molecule has 1 aromatic rings. The molecule has 0 amide bonds. The van der Waals surface area contributed by atoms with Crippen LogP contribution in [-0.2, 0) is 0 Å². The summed E-state index contributed by atoms with van der Waals surface area (Å²) >= 11 is 0. The largest absolute Gasteiger partial charge is 0.357 e. The van der Waals surface area contributed by atoms with Crippen LogP contribution < -0.4 is 4.90 Å². The summed E-state index contributed by atoms with van der Waals surface area (Å²) in [6, 6.07) is 6.07. The van der Waals surface area contributed by atoms with Crippen LogP contribution in [0, 0.1) is 0 Å². The molecule has 1 heterocycles. The van der Waals surface area contributed by atoms with Crippen LogP contribution >= 0.6 is 0 Å². The molecule has 0 bridgehead atoms. The summed E-state index contributed by atoms with van der Waals surface area (Å²) in [7, 11) is 0. The molecule has 0 aliphatic heterocycles. The van der Waals surface area contributed by atoms with Crippen molar-refractivity contribution in [3.05, 3.63) is 24.4 Å². The lowest BCUT2D eigenvalue weighted by atomic mass is 10.3. The predicted molar refractivity (Wildman–Crippen MR) is 79.7 cm³/mol. The Balaban J connectivity index is 0. The lowest BCUT2D eigenvalue weighted by Gasteiger charge is -2.22. The highest BCUT2D eigenvalue weighted by molar-refractivity contribution is 5.37. The highest BCUT2D eigenvalue weighted by atomic mass is 15.2. The van der Waals surface area contributed by atoms with E-state index in [0.717, 1.165) is 18.9 Å². The van der Waals surface area contributed by atoms with Crippen molar-refractivity contribution in [1.29, 1.82) is 0 Å². The van der Waals surface area contributed by atoms with Crippen LogP contribution in [0.2, 0.25) is 0 Å². The maximum Gasteiger partial charge on any atom is 0.128 e. The van der Waals surface area contributed by atoms with E-state index in [1.165, 1.54) is 12.8 Å². The Kier molecular flexibility index (Phi) is 16.1. The molecule has 1 aromatic heterocycles. The number of pyridine rings is 1. The van der Waals surface area contributed by atoms with Gasteiger partial charge < -0.3 is 4.90 Å². The molecule has 0 aliphatic rings. The minimum atomic E-state index is 1.10. The van der Waals surface area contributed by atoms with Gasteiger partial charge in [0.05, 0.1) is 0 Å². The van der Waals surface area contributed by atoms with Gasteiger partial charge in [-0.2, -0.15) is 0 Å². The van der Waals surface area contributed by atoms with Gasteiger partial charge in [-0.3, -0.25) is 0 Å². The molecule has 0 unspecified atom stereocenters. The minimum absolute atomic E-state index is 1.10. The van der Waals surface area contributed by atoms with Gasteiger partial charge in [-0.05, 0) is 25.0 Å². The second-order valence-electron chi connectivity index (χ2n) is 3.17.